The number of nitrogens with one attached hydrogen (secondary N) is 6. The van der Waals surface area contributed by atoms with E-state index in [0.717, 1.165) is 23.9 Å². The van der Waals surface area contributed by atoms with E-state index in [4.69, 9.17) is 10.1 Å². The lowest BCUT2D eigenvalue weighted by Crippen LogP contribution is -2.49. The minimum absolute atomic E-state index is 0.0235. The molecule has 1 fully saturated rings. The summed E-state index contributed by atoms with van der Waals surface area (Å²) < 4.78 is 32.2. The molecular formula is C30H46N8O5S. The quantitative estimate of drug-likeness (QED) is 0.219. The first-order valence-corrected chi connectivity index (χ1v) is 16.1. The van der Waals surface area contributed by atoms with Gasteiger partial charge in [-0.3, -0.25) is 19.7 Å². The standard InChI is InChI=1S/C30H46N8O5S/c1-18-11-12-19(13-23(18)38-26(31)24(34-36-38)28(40)32-16-30(5,6)17-37(7)8)27(39)33-21-14-20(29(2,3)4)15-22(25(21)43-9)35-44(10,41)42/h11-15,24,31,34-36H,16-17H2,1-10H3,(H,32,40)(H,33,39). The number of amides is 2. The smallest absolute Gasteiger partial charge is 0.255 e. The lowest BCUT2D eigenvalue weighted by Gasteiger charge is -2.28. The maximum Gasteiger partial charge on any atom is 0.255 e. The van der Waals surface area contributed by atoms with Crippen LogP contribution in [0.4, 0.5) is 17.1 Å². The fraction of sp³-hybridized carbons (Fsp3) is 0.500. The highest BCUT2D eigenvalue weighted by atomic mass is 32.2. The van der Waals surface area contributed by atoms with Crippen LogP contribution in [0, 0.1) is 17.7 Å². The van der Waals surface area contributed by atoms with Crippen molar-refractivity contribution in [2.24, 2.45) is 5.41 Å². The van der Waals surface area contributed by atoms with E-state index in [-0.39, 0.29) is 39.6 Å². The van der Waals surface area contributed by atoms with Crippen molar-refractivity contribution in [2.75, 3.05) is 55.6 Å². The average molecular weight is 631 g/mol. The van der Waals surface area contributed by atoms with Crippen LogP contribution >= 0.6 is 0 Å². The van der Waals surface area contributed by atoms with Crippen molar-refractivity contribution in [3.05, 3.63) is 47.0 Å². The van der Waals surface area contributed by atoms with E-state index in [1.807, 2.05) is 41.8 Å². The second-order valence-corrected chi connectivity index (χ2v) is 15.0. The second-order valence-electron chi connectivity index (χ2n) is 13.2. The summed E-state index contributed by atoms with van der Waals surface area (Å²) in [6.07, 6.45) is 1.04. The van der Waals surface area contributed by atoms with Gasteiger partial charge >= 0.3 is 0 Å². The van der Waals surface area contributed by atoms with Gasteiger partial charge in [-0.1, -0.05) is 40.7 Å². The predicted octanol–water partition coefficient (Wildman–Crippen LogP) is 2.80. The molecule has 1 aliphatic rings. The summed E-state index contributed by atoms with van der Waals surface area (Å²) >= 11 is 0. The van der Waals surface area contributed by atoms with Crippen LogP contribution in [-0.4, -0.2) is 77.6 Å². The SMILES string of the molecule is COc1c(NC(=O)c2ccc(C)c(N3NNC(C(=O)NCC(C)(C)CN(C)C)C3=N)c2)cc(C(C)(C)C)cc1NS(C)(=O)=O. The van der Waals surface area contributed by atoms with Crippen molar-refractivity contribution in [1.82, 2.24) is 21.2 Å². The number of rotatable bonds is 11. The number of carbonyl (C=O) groups is 2. The first kappa shape index (κ1) is 34.8. The number of methoxy groups -OCH3 is 1. The molecule has 3 rings (SSSR count). The van der Waals surface area contributed by atoms with Gasteiger partial charge in [-0.15, -0.1) is 0 Å². The van der Waals surface area contributed by atoms with Gasteiger partial charge < -0.3 is 20.3 Å². The average Bonchev–Trinajstić information content (AvgIpc) is 3.26. The molecule has 0 saturated carbocycles. The first-order valence-electron chi connectivity index (χ1n) is 14.2. The van der Waals surface area contributed by atoms with Crippen molar-refractivity contribution >= 4 is 44.7 Å². The summed E-state index contributed by atoms with van der Waals surface area (Å²) in [5, 5.41) is 15.9. The molecule has 0 aliphatic carbocycles. The Morgan fingerprint density at radius 3 is 2.30 bits per heavy atom. The van der Waals surface area contributed by atoms with Gasteiger partial charge in [0.1, 0.15) is 5.84 Å². The van der Waals surface area contributed by atoms with Gasteiger partial charge in [0.2, 0.25) is 15.9 Å². The maximum atomic E-state index is 13.5. The summed E-state index contributed by atoms with van der Waals surface area (Å²) in [7, 11) is 1.71. The lowest BCUT2D eigenvalue weighted by atomic mass is 9.86. The molecule has 2 amide bonds. The van der Waals surface area contributed by atoms with E-state index in [1.54, 1.807) is 30.3 Å². The predicted molar refractivity (Wildman–Crippen MR) is 175 cm³/mol. The molecule has 13 nitrogen and oxygen atoms in total. The molecule has 1 aliphatic heterocycles. The number of ether oxygens (including phenoxy) is 1. The van der Waals surface area contributed by atoms with Crippen molar-refractivity contribution < 1.29 is 22.7 Å². The molecule has 1 heterocycles. The molecule has 2 aromatic carbocycles. The van der Waals surface area contributed by atoms with Crippen molar-refractivity contribution in [3.8, 4) is 5.75 Å². The van der Waals surface area contributed by atoms with Crippen LogP contribution in [0.25, 0.3) is 0 Å². The fourth-order valence-electron chi connectivity index (χ4n) is 4.94. The van der Waals surface area contributed by atoms with Crippen molar-refractivity contribution in [3.63, 3.8) is 0 Å². The summed E-state index contributed by atoms with van der Waals surface area (Å²) in [6, 6.07) is 7.51. The highest BCUT2D eigenvalue weighted by molar-refractivity contribution is 7.92. The number of nitrogens with zero attached hydrogens (tertiary/aromatic N) is 2. The Morgan fingerprint density at radius 1 is 1.09 bits per heavy atom. The van der Waals surface area contributed by atoms with Crippen LogP contribution in [0.3, 0.4) is 0 Å². The fourth-order valence-corrected chi connectivity index (χ4v) is 5.49. The number of amidine groups is 1. The maximum absolute atomic E-state index is 13.5. The molecule has 1 unspecified atom stereocenters. The molecule has 6 N–H and O–H groups in total. The third-order valence-corrected chi connectivity index (χ3v) is 7.59. The Morgan fingerprint density at radius 2 is 1.73 bits per heavy atom. The van der Waals surface area contributed by atoms with Gasteiger partial charge in [-0.05, 0) is 67.2 Å². The molecule has 1 saturated heterocycles. The van der Waals surface area contributed by atoms with E-state index >= 15 is 0 Å². The zero-order chi connectivity index (χ0) is 33.2. The Hall–Kier alpha value is -3.72. The minimum atomic E-state index is -3.63. The van der Waals surface area contributed by atoms with Crippen LogP contribution in [0.5, 0.6) is 5.75 Å². The molecule has 0 radical (unpaired) electrons. The summed E-state index contributed by atoms with van der Waals surface area (Å²) in [5.74, 6) is -0.673. The van der Waals surface area contributed by atoms with Crippen LogP contribution in [-0.2, 0) is 20.2 Å². The van der Waals surface area contributed by atoms with E-state index in [1.165, 1.54) is 12.1 Å². The number of aryl methyl sites for hydroxylation is 1. The van der Waals surface area contributed by atoms with E-state index < -0.39 is 22.0 Å². The number of hydrogen-bond donors (Lipinski definition) is 6. The van der Waals surface area contributed by atoms with Crippen LogP contribution in [0.15, 0.2) is 30.3 Å². The number of carbonyl (C=O) groups excluding carboxylic acids is 2. The Bertz CT molecular complexity index is 1530. The van der Waals surface area contributed by atoms with Gasteiger partial charge in [-0.2, -0.15) is 5.53 Å². The molecular weight excluding hydrogens is 584 g/mol. The molecule has 44 heavy (non-hydrogen) atoms. The number of hydrazine groups is 2. The van der Waals surface area contributed by atoms with E-state index in [2.05, 4.69) is 45.1 Å². The normalized spacial score (nSPS) is 15.8. The summed E-state index contributed by atoms with van der Waals surface area (Å²) in [5.41, 5.74) is 8.04. The molecule has 14 heteroatoms. The van der Waals surface area contributed by atoms with E-state index in [9.17, 15) is 18.0 Å². The van der Waals surface area contributed by atoms with Gasteiger partial charge in [0.15, 0.2) is 11.8 Å². The highest BCUT2D eigenvalue weighted by Crippen LogP contribution is 2.39. The lowest BCUT2D eigenvalue weighted by molar-refractivity contribution is -0.122. The van der Waals surface area contributed by atoms with Crippen molar-refractivity contribution in [1.29, 1.82) is 5.41 Å². The number of benzene rings is 2. The summed E-state index contributed by atoms with van der Waals surface area (Å²) in [6.45, 7) is 13.1. The Labute approximate surface area is 260 Å². The van der Waals surface area contributed by atoms with Gasteiger partial charge in [0.05, 0.1) is 30.4 Å². The van der Waals surface area contributed by atoms with Gasteiger partial charge in [0.25, 0.3) is 5.91 Å². The summed E-state index contributed by atoms with van der Waals surface area (Å²) in [4.78, 5) is 28.6. The molecule has 0 aromatic heterocycles. The molecule has 1 atom stereocenters. The number of anilines is 3. The van der Waals surface area contributed by atoms with Crippen LogP contribution in [0.2, 0.25) is 0 Å². The first-order chi connectivity index (χ1) is 20.2. The zero-order valence-corrected chi connectivity index (χ0v) is 28.0. The Balaban J connectivity index is 1.86. The van der Waals surface area contributed by atoms with Crippen molar-refractivity contribution in [2.45, 2.75) is 53.0 Å². The van der Waals surface area contributed by atoms with Crippen LogP contribution < -0.4 is 36.1 Å². The highest BCUT2D eigenvalue weighted by Gasteiger charge is 2.36. The third-order valence-electron chi connectivity index (χ3n) is 7.00. The van der Waals surface area contributed by atoms with Crippen LogP contribution in [0.1, 0.15) is 56.1 Å². The van der Waals surface area contributed by atoms with Gasteiger partial charge in [-0.25, -0.2) is 18.9 Å². The van der Waals surface area contributed by atoms with Gasteiger partial charge in [0, 0.05) is 18.7 Å². The largest absolute Gasteiger partial charge is 0.492 e. The zero-order valence-electron chi connectivity index (χ0n) is 27.2. The molecule has 0 bridgehead atoms. The molecule has 0 spiro atoms. The molecule has 2 aromatic rings. The molecule has 242 valence electrons. The Kier molecular flexibility index (Phi) is 10.4. The number of sulfonamides is 1. The van der Waals surface area contributed by atoms with E-state index in [0.29, 0.717) is 17.9 Å². The second kappa shape index (κ2) is 13.1. The third kappa shape index (κ3) is 8.68. The minimum Gasteiger partial charge on any atom is -0.492 e. The topological polar surface area (TPSA) is 168 Å². The monoisotopic (exact) mass is 630 g/mol. The number of hydrogen-bond acceptors (Lipinski definition) is 9.